The molecule has 0 aromatic carbocycles. The minimum atomic E-state index is -0.141. The van der Waals surface area contributed by atoms with Crippen LogP contribution in [0.2, 0.25) is 0 Å². The van der Waals surface area contributed by atoms with Crippen LogP contribution in [-0.4, -0.2) is 34.6 Å². The molecular weight excluding hydrogens is 250 g/mol. The van der Waals surface area contributed by atoms with Crippen LogP contribution in [0.5, 0.6) is 0 Å². The molecular formula is C17H25NO2. The molecule has 2 bridgehead atoms. The van der Waals surface area contributed by atoms with E-state index in [4.69, 9.17) is 4.74 Å². The van der Waals surface area contributed by atoms with Gasteiger partial charge in [0.15, 0.2) is 0 Å². The van der Waals surface area contributed by atoms with Gasteiger partial charge in [-0.25, -0.2) is 0 Å². The second-order valence-electron chi connectivity index (χ2n) is 7.23. The first-order valence-electron chi connectivity index (χ1n) is 8.35. The number of carbonyl (C=O) groups excluding carboxylic acids is 1. The predicted molar refractivity (Wildman–Crippen MR) is 77.3 cm³/mol. The van der Waals surface area contributed by atoms with Crippen LogP contribution < -0.4 is 0 Å². The van der Waals surface area contributed by atoms with E-state index in [1.165, 1.54) is 44.9 Å². The Bertz CT molecular complexity index is 452. The molecule has 0 N–H and O–H groups in total. The third kappa shape index (κ3) is 1.65. The van der Waals surface area contributed by atoms with E-state index in [1.54, 1.807) is 0 Å². The van der Waals surface area contributed by atoms with Crippen molar-refractivity contribution in [2.24, 2.45) is 5.92 Å². The van der Waals surface area contributed by atoms with Crippen LogP contribution >= 0.6 is 0 Å². The number of likely N-dealkylation sites (tertiary alicyclic amines) is 1. The van der Waals surface area contributed by atoms with Gasteiger partial charge in [-0.3, -0.25) is 4.79 Å². The summed E-state index contributed by atoms with van der Waals surface area (Å²) < 4.78 is 6.22. The largest absolute Gasteiger partial charge is 0.361 e. The maximum Gasteiger partial charge on any atom is 0.222 e. The molecule has 3 heteroatoms. The Labute approximate surface area is 121 Å². The summed E-state index contributed by atoms with van der Waals surface area (Å²) in [4.78, 5) is 14.8. The Morgan fingerprint density at radius 2 is 2.15 bits per heavy atom. The van der Waals surface area contributed by atoms with E-state index in [-0.39, 0.29) is 11.1 Å². The van der Waals surface area contributed by atoms with Crippen molar-refractivity contribution in [2.45, 2.75) is 75.5 Å². The molecule has 4 rings (SSSR count). The molecule has 3 heterocycles. The van der Waals surface area contributed by atoms with Crippen LogP contribution in [0.1, 0.15) is 58.3 Å². The number of nitrogens with zero attached hydrogens (tertiary/aromatic N) is 1. The van der Waals surface area contributed by atoms with Crippen molar-refractivity contribution in [3.8, 4) is 0 Å². The van der Waals surface area contributed by atoms with Crippen LogP contribution in [0.3, 0.4) is 0 Å². The van der Waals surface area contributed by atoms with E-state index in [0.29, 0.717) is 24.3 Å². The molecule has 3 nitrogen and oxygen atoms in total. The van der Waals surface area contributed by atoms with Crippen molar-refractivity contribution in [2.75, 3.05) is 6.54 Å². The lowest BCUT2D eigenvalue weighted by molar-refractivity contribution is -0.155. The summed E-state index contributed by atoms with van der Waals surface area (Å²) in [5.74, 6) is 0.962. The highest BCUT2D eigenvalue weighted by Crippen LogP contribution is 2.54. The van der Waals surface area contributed by atoms with Crippen LogP contribution in [0, 0.1) is 5.92 Å². The fourth-order valence-electron chi connectivity index (χ4n) is 5.16. The molecule has 3 atom stereocenters. The maximum absolute atomic E-state index is 12.5. The number of rotatable bonds is 1. The van der Waals surface area contributed by atoms with Crippen molar-refractivity contribution in [1.29, 1.82) is 0 Å². The normalized spacial score (nSPS) is 41.1. The zero-order valence-corrected chi connectivity index (χ0v) is 12.4. The van der Waals surface area contributed by atoms with Crippen molar-refractivity contribution in [1.82, 2.24) is 4.90 Å². The smallest absolute Gasteiger partial charge is 0.222 e. The number of carbonyl (C=O) groups is 1. The van der Waals surface area contributed by atoms with Gasteiger partial charge in [0.1, 0.15) is 5.60 Å². The van der Waals surface area contributed by atoms with Crippen molar-refractivity contribution < 1.29 is 9.53 Å². The summed E-state index contributed by atoms with van der Waals surface area (Å²) in [5.41, 5.74) is 0.0150. The van der Waals surface area contributed by atoms with Crippen molar-refractivity contribution in [3.05, 3.63) is 12.2 Å². The van der Waals surface area contributed by atoms with Gasteiger partial charge in [-0.05, 0) is 31.6 Å². The molecule has 20 heavy (non-hydrogen) atoms. The monoisotopic (exact) mass is 275 g/mol. The quantitative estimate of drug-likeness (QED) is 0.688. The predicted octanol–water partition coefficient (Wildman–Crippen LogP) is 3.05. The molecule has 1 saturated carbocycles. The molecule has 2 saturated heterocycles. The number of piperidine rings is 1. The summed E-state index contributed by atoms with van der Waals surface area (Å²) in [6.45, 7) is 2.79. The highest BCUT2D eigenvalue weighted by atomic mass is 16.5. The fraction of sp³-hybridized carbons (Fsp3) is 0.824. The second kappa shape index (κ2) is 4.33. The summed E-state index contributed by atoms with van der Waals surface area (Å²) in [6, 6.07) is 0. The Hall–Kier alpha value is -0.830. The van der Waals surface area contributed by atoms with Gasteiger partial charge in [-0.15, -0.1) is 0 Å². The standard InChI is InChI=1S/C17H25NO2/c1-2-15(19)18-12-17-9-6-14(20-17)10-13(17)11-16(18)7-4-3-5-8-16/h6,9,13-14H,2-5,7-8,10-12H2,1H3/t13-,14-,17-/m1/s1. The molecule has 3 fully saturated rings. The van der Waals surface area contributed by atoms with E-state index < -0.39 is 0 Å². The van der Waals surface area contributed by atoms with Gasteiger partial charge < -0.3 is 9.64 Å². The van der Waals surface area contributed by atoms with Gasteiger partial charge in [0.05, 0.1) is 12.6 Å². The third-order valence-corrected chi connectivity index (χ3v) is 6.16. The van der Waals surface area contributed by atoms with E-state index in [2.05, 4.69) is 17.1 Å². The average Bonchev–Trinajstić information content (AvgIpc) is 3.03. The van der Waals surface area contributed by atoms with Crippen LogP contribution in [-0.2, 0) is 9.53 Å². The maximum atomic E-state index is 12.5. The Balaban J connectivity index is 1.68. The van der Waals surface area contributed by atoms with E-state index in [1.807, 2.05) is 6.92 Å². The molecule has 2 spiro atoms. The molecule has 0 aromatic rings. The fourth-order valence-corrected chi connectivity index (χ4v) is 5.16. The summed E-state index contributed by atoms with van der Waals surface area (Å²) in [5, 5.41) is 0. The molecule has 3 aliphatic heterocycles. The lowest BCUT2D eigenvalue weighted by Crippen LogP contribution is -2.64. The molecule has 1 aliphatic carbocycles. The Kier molecular flexibility index (Phi) is 2.79. The zero-order valence-electron chi connectivity index (χ0n) is 12.4. The number of amides is 1. The van der Waals surface area contributed by atoms with E-state index >= 15 is 0 Å². The first-order valence-corrected chi connectivity index (χ1v) is 8.35. The van der Waals surface area contributed by atoms with Crippen LogP contribution in [0.25, 0.3) is 0 Å². The van der Waals surface area contributed by atoms with Gasteiger partial charge >= 0.3 is 0 Å². The lowest BCUT2D eigenvalue weighted by Gasteiger charge is -2.56. The Morgan fingerprint density at radius 1 is 1.35 bits per heavy atom. The molecule has 1 amide bonds. The van der Waals surface area contributed by atoms with Crippen LogP contribution in [0.15, 0.2) is 12.2 Å². The lowest BCUT2D eigenvalue weighted by atomic mass is 9.65. The average molecular weight is 275 g/mol. The first-order chi connectivity index (χ1) is 9.67. The van der Waals surface area contributed by atoms with Gasteiger partial charge in [0.25, 0.3) is 0 Å². The minimum Gasteiger partial charge on any atom is -0.361 e. The molecule has 0 aromatic heterocycles. The SMILES string of the molecule is CCC(=O)N1C[C@]23C=C[C@H](C[C@@H]2CC12CCCCC2)O3. The summed E-state index contributed by atoms with van der Waals surface area (Å²) in [6.07, 6.45) is 14.1. The van der Waals surface area contributed by atoms with E-state index in [0.717, 1.165) is 6.54 Å². The molecule has 4 aliphatic rings. The molecule has 110 valence electrons. The Morgan fingerprint density at radius 3 is 2.85 bits per heavy atom. The molecule has 0 unspecified atom stereocenters. The third-order valence-electron chi connectivity index (χ3n) is 6.16. The van der Waals surface area contributed by atoms with Crippen LogP contribution in [0.4, 0.5) is 0 Å². The zero-order chi connectivity index (χ0) is 13.8. The second-order valence-corrected chi connectivity index (χ2v) is 7.23. The summed E-state index contributed by atoms with van der Waals surface area (Å²) >= 11 is 0. The van der Waals surface area contributed by atoms with Gasteiger partial charge in [0.2, 0.25) is 5.91 Å². The number of hydrogen-bond acceptors (Lipinski definition) is 2. The topological polar surface area (TPSA) is 29.5 Å². The van der Waals surface area contributed by atoms with Gasteiger partial charge in [-0.2, -0.15) is 0 Å². The highest BCUT2D eigenvalue weighted by Gasteiger charge is 2.59. The highest BCUT2D eigenvalue weighted by molar-refractivity contribution is 5.77. The number of fused-ring (bicyclic) bond motifs is 1. The summed E-state index contributed by atoms with van der Waals surface area (Å²) in [7, 11) is 0. The van der Waals surface area contributed by atoms with Gasteiger partial charge in [-0.1, -0.05) is 38.3 Å². The van der Waals surface area contributed by atoms with E-state index in [9.17, 15) is 4.79 Å². The minimum absolute atomic E-state index is 0.141. The molecule has 0 radical (unpaired) electrons. The van der Waals surface area contributed by atoms with Crippen molar-refractivity contribution in [3.63, 3.8) is 0 Å². The first kappa shape index (κ1) is 12.9. The number of hydrogen-bond donors (Lipinski definition) is 0. The van der Waals surface area contributed by atoms with Crippen molar-refractivity contribution >= 4 is 5.91 Å². The number of ether oxygens (including phenoxy) is 1. The van der Waals surface area contributed by atoms with Gasteiger partial charge in [0, 0.05) is 12.0 Å².